The van der Waals surface area contributed by atoms with E-state index in [1.165, 1.54) is 5.56 Å². The molecule has 4 heteroatoms. The van der Waals surface area contributed by atoms with Gasteiger partial charge >= 0.3 is 0 Å². The second kappa shape index (κ2) is 6.06. The average Bonchev–Trinajstić information content (AvgIpc) is 2.40. The van der Waals surface area contributed by atoms with Crippen molar-refractivity contribution in [2.75, 3.05) is 11.4 Å². The minimum atomic E-state index is -0.0660. The summed E-state index contributed by atoms with van der Waals surface area (Å²) in [6, 6.07) is 11.3. The molecule has 1 aromatic heterocycles. The Hall–Kier alpha value is -1.87. The summed E-state index contributed by atoms with van der Waals surface area (Å²) >= 11 is 5.93. The number of hydrogen-bond acceptors (Lipinski definition) is 2. The number of aryl methyl sites for hydroxylation is 2. The summed E-state index contributed by atoms with van der Waals surface area (Å²) in [6.07, 6.45) is 0. The van der Waals surface area contributed by atoms with Crippen LogP contribution in [0, 0.1) is 13.8 Å². The maximum Gasteiger partial charge on any atom is 0.258 e. The zero-order valence-electron chi connectivity index (χ0n) is 11.9. The summed E-state index contributed by atoms with van der Waals surface area (Å²) in [6.45, 7) is 6.40. The Morgan fingerprint density at radius 1 is 1.20 bits per heavy atom. The van der Waals surface area contributed by atoms with Crippen LogP contribution in [0.1, 0.15) is 28.5 Å². The van der Waals surface area contributed by atoms with Crippen molar-refractivity contribution in [2.24, 2.45) is 0 Å². The topological polar surface area (TPSA) is 33.2 Å². The van der Waals surface area contributed by atoms with Gasteiger partial charge < -0.3 is 4.90 Å². The third-order valence-corrected chi connectivity index (χ3v) is 3.27. The molecule has 0 saturated heterocycles. The van der Waals surface area contributed by atoms with Crippen LogP contribution in [-0.2, 0) is 0 Å². The molecular weight excluding hydrogens is 272 g/mol. The number of rotatable bonds is 3. The molecule has 0 spiro atoms. The number of hydrogen-bond donors (Lipinski definition) is 0. The molecule has 1 heterocycles. The van der Waals surface area contributed by atoms with Crippen LogP contribution in [0.2, 0.25) is 5.15 Å². The Morgan fingerprint density at radius 3 is 2.40 bits per heavy atom. The Bertz CT molecular complexity index is 603. The fraction of sp³-hybridized carbons (Fsp3) is 0.250. The van der Waals surface area contributed by atoms with Crippen molar-refractivity contribution in [2.45, 2.75) is 20.8 Å². The molecule has 0 saturated carbocycles. The van der Waals surface area contributed by atoms with Crippen LogP contribution in [0.4, 0.5) is 5.69 Å². The highest BCUT2D eigenvalue weighted by atomic mass is 35.5. The lowest BCUT2D eigenvalue weighted by atomic mass is 10.1. The van der Waals surface area contributed by atoms with E-state index in [4.69, 9.17) is 11.6 Å². The van der Waals surface area contributed by atoms with Crippen molar-refractivity contribution in [1.29, 1.82) is 0 Å². The van der Waals surface area contributed by atoms with Crippen molar-refractivity contribution >= 4 is 23.2 Å². The smallest absolute Gasteiger partial charge is 0.258 e. The Balaban J connectivity index is 2.36. The number of anilines is 1. The normalized spacial score (nSPS) is 10.4. The van der Waals surface area contributed by atoms with Gasteiger partial charge in [0.15, 0.2) is 0 Å². The Morgan fingerprint density at radius 2 is 1.85 bits per heavy atom. The van der Waals surface area contributed by atoms with Crippen LogP contribution < -0.4 is 4.90 Å². The fourth-order valence-corrected chi connectivity index (χ4v) is 2.33. The molecule has 1 amide bonds. The maximum atomic E-state index is 12.6. The first-order valence-corrected chi connectivity index (χ1v) is 6.91. The number of pyridine rings is 1. The lowest BCUT2D eigenvalue weighted by Crippen LogP contribution is -2.30. The molecule has 0 aliphatic heterocycles. The summed E-state index contributed by atoms with van der Waals surface area (Å²) in [4.78, 5) is 18.4. The van der Waals surface area contributed by atoms with Gasteiger partial charge in [0.25, 0.3) is 5.91 Å². The van der Waals surface area contributed by atoms with Gasteiger partial charge in [-0.25, -0.2) is 4.98 Å². The van der Waals surface area contributed by atoms with Gasteiger partial charge in [0.1, 0.15) is 5.15 Å². The number of carbonyl (C=O) groups excluding carboxylic acids is 1. The predicted molar refractivity (Wildman–Crippen MR) is 82.5 cm³/mol. The number of amides is 1. The van der Waals surface area contributed by atoms with Crippen LogP contribution >= 0.6 is 11.6 Å². The zero-order valence-corrected chi connectivity index (χ0v) is 12.6. The minimum absolute atomic E-state index is 0.0660. The van der Waals surface area contributed by atoms with E-state index < -0.39 is 0 Å². The van der Waals surface area contributed by atoms with E-state index in [1.54, 1.807) is 17.0 Å². The molecule has 2 rings (SSSR count). The van der Waals surface area contributed by atoms with Crippen LogP contribution in [0.3, 0.4) is 0 Å². The van der Waals surface area contributed by atoms with Gasteiger partial charge in [-0.2, -0.15) is 0 Å². The van der Waals surface area contributed by atoms with E-state index in [1.807, 2.05) is 45.0 Å². The van der Waals surface area contributed by atoms with E-state index in [0.29, 0.717) is 17.3 Å². The molecule has 0 radical (unpaired) electrons. The van der Waals surface area contributed by atoms with Crippen LogP contribution in [0.5, 0.6) is 0 Å². The van der Waals surface area contributed by atoms with Crippen molar-refractivity contribution in [3.05, 3.63) is 58.4 Å². The highest BCUT2D eigenvalue weighted by molar-refractivity contribution is 6.29. The monoisotopic (exact) mass is 288 g/mol. The van der Waals surface area contributed by atoms with Crippen LogP contribution in [-0.4, -0.2) is 17.4 Å². The van der Waals surface area contributed by atoms with Gasteiger partial charge in [-0.05, 0) is 45.0 Å². The SMILES string of the molecule is CCN(C(=O)c1cc(C)nc(Cl)c1)c1ccc(C)cc1. The fourth-order valence-electron chi connectivity index (χ4n) is 2.08. The van der Waals surface area contributed by atoms with Gasteiger partial charge in [0.2, 0.25) is 0 Å². The summed E-state index contributed by atoms with van der Waals surface area (Å²) < 4.78 is 0. The van der Waals surface area contributed by atoms with Gasteiger partial charge in [0, 0.05) is 23.5 Å². The third kappa shape index (κ3) is 3.17. The van der Waals surface area contributed by atoms with Crippen molar-refractivity contribution in [1.82, 2.24) is 4.98 Å². The Kier molecular flexibility index (Phi) is 4.40. The first-order chi connectivity index (χ1) is 9.51. The lowest BCUT2D eigenvalue weighted by molar-refractivity contribution is 0.0988. The summed E-state index contributed by atoms with van der Waals surface area (Å²) in [5.41, 5.74) is 3.35. The molecule has 0 bridgehead atoms. The molecule has 20 heavy (non-hydrogen) atoms. The third-order valence-electron chi connectivity index (χ3n) is 3.08. The molecule has 2 aromatic rings. The van der Waals surface area contributed by atoms with Crippen molar-refractivity contribution in [3.63, 3.8) is 0 Å². The van der Waals surface area contributed by atoms with Gasteiger partial charge in [-0.15, -0.1) is 0 Å². The molecule has 1 aromatic carbocycles. The Labute approximate surface area is 124 Å². The molecule has 0 aliphatic carbocycles. The van der Waals surface area contributed by atoms with Crippen LogP contribution in [0.15, 0.2) is 36.4 Å². The minimum Gasteiger partial charge on any atom is -0.309 e. The van der Waals surface area contributed by atoms with E-state index in [2.05, 4.69) is 4.98 Å². The number of aromatic nitrogens is 1. The molecule has 0 aliphatic rings. The highest BCUT2D eigenvalue weighted by Gasteiger charge is 2.17. The highest BCUT2D eigenvalue weighted by Crippen LogP contribution is 2.19. The maximum absolute atomic E-state index is 12.6. The molecular formula is C16H17ClN2O. The van der Waals surface area contributed by atoms with Gasteiger partial charge in [-0.3, -0.25) is 4.79 Å². The summed E-state index contributed by atoms with van der Waals surface area (Å²) in [5, 5.41) is 0.341. The number of halogens is 1. The van der Waals surface area contributed by atoms with E-state index >= 15 is 0 Å². The van der Waals surface area contributed by atoms with Gasteiger partial charge in [0.05, 0.1) is 0 Å². The van der Waals surface area contributed by atoms with Gasteiger partial charge in [-0.1, -0.05) is 29.3 Å². The van der Waals surface area contributed by atoms with E-state index in [9.17, 15) is 4.79 Å². The predicted octanol–water partition coefficient (Wildman–Crippen LogP) is 4.02. The number of benzene rings is 1. The molecule has 0 atom stereocenters. The van der Waals surface area contributed by atoms with E-state index in [0.717, 1.165) is 11.4 Å². The standard InChI is InChI=1S/C16H17ClN2O/c1-4-19(14-7-5-11(2)6-8-14)16(20)13-9-12(3)18-15(17)10-13/h5-10H,4H2,1-3H3. The van der Waals surface area contributed by atoms with Crippen LogP contribution in [0.25, 0.3) is 0 Å². The summed E-state index contributed by atoms with van der Waals surface area (Å²) in [5.74, 6) is -0.0660. The molecule has 104 valence electrons. The summed E-state index contributed by atoms with van der Waals surface area (Å²) in [7, 11) is 0. The lowest BCUT2D eigenvalue weighted by Gasteiger charge is -2.21. The first-order valence-electron chi connectivity index (χ1n) is 6.54. The second-order valence-electron chi connectivity index (χ2n) is 4.70. The number of carbonyl (C=O) groups is 1. The van der Waals surface area contributed by atoms with Crippen molar-refractivity contribution < 1.29 is 4.79 Å². The zero-order chi connectivity index (χ0) is 14.7. The first kappa shape index (κ1) is 14.5. The van der Waals surface area contributed by atoms with Crippen molar-refractivity contribution in [3.8, 4) is 0 Å². The number of nitrogens with zero attached hydrogens (tertiary/aromatic N) is 2. The average molecular weight is 289 g/mol. The molecule has 0 fully saturated rings. The molecule has 0 unspecified atom stereocenters. The molecule has 3 nitrogen and oxygen atoms in total. The molecule has 0 N–H and O–H groups in total. The van der Waals surface area contributed by atoms with E-state index in [-0.39, 0.29) is 5.91 Å². The quantitative estimate of drug-likeness (QED) is 0.799. The largest absolute Gasteiger partial charge is 0.309 e. The second-order valence-corrected chi connectivity index (χ2v) is 5.09.